The number of anilines is 1. The van der Waals surface area contributed by atoms with Crippen LogP contribution in [0.25, 0.3) is 5.69 Å². The maximum Gasteiger partial charge on any atom is 0.296 e. The van der Waals surface area contributed by atoms with E-state index in [2.05, 4.69) is 19.1 Å². The smallest absolute Gasteiger partial charge is 0.296 e. The molecule has 220 valence electrons. The molecule has 0 radical (unpaired) electrons. The summed E-state index contributed by atoms with van der Waals surface area (Å²) in [5.74, 6) is -0.210. The van der Waals surface area contributed by atoms with E-state index in [9.17, 15) is 18.0 Å². The summed E-state index contributed by atoms with van der Waals surface area (Å²) in [6.07, 6.45) is 2.55. The standard InChI is InChI=1S/C32H35ClN4O4S/c1-5-32(25-14-16-26(33)17-15-25)18-20-36(21-19-32)30(38)24-10-9-13-28(22-24)42(40,41)35(4)29-23(2)34(3)37(31(29)39)27-11-7-6-8-12-27/h6-17,22H,5,18-21H2,1-4H3. The summed E-state index contributed by atoms with van der Waals surface area (Å²) in [4.78, 5) is 28.8. The second-order valence-corrected chi connectivity index (χ2v) is 13.2. The Morgan fingerprint density at radius 3 is 2.24 bits per heavy atom. The lowest BCUT2D eigenvalue weighted by Gasteiger charge is -2.42. The zero-order valence-corrected chi connectivity index (χ0v) is 25.8. The first-order chi connectivity index (χ1) is 20.0. The maximum absolute atomic E-state index is 13.8. The third-order valence-electron chi connectivity index (χ3n) is 8.72. The summed E-state index contributed by atoms with van der Waals surface area (Å²) in [7, 11) is -1.06. The van der Waals surface area contributed by atoms with E-state index in [0.29, 0.717) is 35.1 Å². The van der Waals surface area contributed by atoms with Crippen LogP contribution in [0.4, 0.5) is 5.69 Å². The summed E-state index contributed by atoms with van der Waals surface area (Å²) in [5, 5.41) is 0.697. The molecule has 1 aliphatic rings. The lowest BCUT2D eigenvalue weighted by Crippen LogP contribution is -2.45. The van der Waals surface area contributed by atoms with Crippen LogP contribution in [0.15, 0.2) is 88.6 Å². The maximum atomic E-state index is 13.8. The van der Waals surface area contributed by atoms with Crippen molar-refractivity contribution in [2.75, 3.05) is 24.4 Å². The van der Waals surface area contributed by atoms with Crippen LogP contribution >= 0.6 is 11.6 Å². The molecule has 8 nitrogen and oxygen atoms in total. The zero-order valence-electron chi connectivity index (χ0n) is 24.2. The molecule has 42 heavy (non-hydrogen) atoms. The summed E-state index contributed by atoms with van der Waals surface area (Å²) >= 11 is 6.10. The molecule has 0 saturated carbocycles. The number of amides is 1. The average molecular weight is 607 g/mol. The minimum absolute atomic E-state index is 0.0323. The number of nitrogens with zero attached hydrogens (tertiary/aromatic N) is 4. The molecule has 0 atom stereocenters. The van der Waals surface area contributed by atoms with Gasteiger partial charge in [-0.25, -0.2) is 13.1 Å². The summed E-state index contributed by atoms with van der Waals surface area (Å²) < 4.78 is 31.7. The molecular formula is C32H35ClN4O4S. The number of likely N-dealkylation sites (tertiary alicyclic amines) is 1. The number of para-hydroxylation sites is 1. The Hall–Kier alpha value is -3.82. The molecule has 1 aliphatic heterocycles. The topological polar surface area (TPSA) is 84.6 Å². The number of hydrogen-bond donors (Lipinski definition) is 0. The third-order valence-corrected chi connectivity index (χ3v) is 10.7. The zero-order chi connectivity index (χ0) is 30.2. The SMILES string of the molecule is CCC1(c2ccc(Cl)cc2)CCN(C(=O)c2cccc(S(=O)(=O)N(C)c3c(C)n(C)n(-c4ccccc4)c3=O)c2)CC1. The van der Waals surface area contributed by atoms with Gasteiger partial charge in [-0.3, -0.25) is 18.6 Å². The number of aromatic nitrogens is 2. The molecule has 1 amide bonds. The average Bonchev–Trinajstić information content (AvgIpc) is 3.24. The number of carbonyl (C=O) groups is 1. The van der Waals surface area contributed by atoms with Crippen molar-refractivity contribution < 1.29 is 13.2 Å². The second-order valence-electron chi connectivity index (χ2n) is 10.8. The first-order valence-corrected chi connectivity index (χ1v) is 15.8. The van der Waals surface area contributed by atoms with Crippen molar-refractivity contribution in [1.82, 2.24) is 14.3 Å². The predicted octanol–water partition coefficient (Wildman–Crippen LogP) is 5.55. The first-order valence-electron chi connectivity index (χ1n) is 14.0. The summed E-state index contributed by atoms with van der Waals surface area (Å²) in [5.41, 5.74) is 2.21. The van der Waals surface area contributed by atoms with Crippen molar-refractivity contribution in [2.24, 2.45) is 7.05 Å². The lowest BCUT2D eigenvalue weighted by atomic mass is 9.71. The molecule has 0 N–H and O–H groups in total. The highest BCUT2D eigenvalue weighted by Gasteiger charge is 2.36. The van der Waals surface area contributed by atoms with Crippen LogP contribution in [0, 0.1) is 6.92 Å². The molecular weight excluding hydrogens is 572 g/mol. The molecule has 1 fully saturated rings. The molecule has 3 aromatic carbocycles. The van der Waals surface area contributed by atoms with Gasteiger partial charge in [0.05, 0.1) is 16.3 Å². The van der Waals surface area contributed by atoms with Crippen molar-refractivity contribution in [3.8, 4) is 5.69 Å². The molecule has 0 unspecified atom stereocenters. The number of sulfonamides is 1. The van der Waals surface area contributed by atoms with Crippen LogP contribution in [-0.2, 0) is 22.5 Å². The minimum atomic E-state index is -4.15. The minimum Gasteiger partial charge on any atom is -0.339 e. The Kier molecular flexibility index (Phi) is 8.09. The van der Waals surface area contributed by atoms with Gasteiger partial charge in [0.15, 0.2) is 0 Å². The van der Waals surface area contributed by atoms with Gasteiger partial charge in [0.1, 0.15) is 5.69 Å². The van der Waals surface area contributed by atoms with E-state index in [-0.39, 0.29) is 21.9 Å². The van der Waals surface area contributed by atoms with Crippen LogP contribution in [0.2, 0.25) is 5.02 Å². The largest absolute Gasteiger partial charge is 0.339 e. The van der Waals surface area contributed by atoms with Gasteiger partial charge in [0, 0.05) is 37.8 Å². The van der Waals surface area contributed by atoms with Crippen molar-refractivity contribution in [2.45, 2.75) is 43.4 Å². The second kappa shape index (κ2) is 11.5. The van der Waals surface area contributed by atoms with Crippen LogP contribution in [-0.4, -0.2) is 48.7 Å². The van der Waals surface area contributed by atoms with Gasteiger partial charge < -0.3 is 4.90 Å². The molecule has 5 rings (SSSR count). The highest BCUT2D eigenvalue weighted by Crippen LogP contribution is 2.39. The molecule has 4 aromatic rings. The summed E-state index contributed by atoms with van der Waals surface area (Å²) in [6.45, 7) is 5.00. The fraction of sp³-hybridized carbons (Fsp3) is 0.312. The number of carbonyl (C=O) groups excluding carboxylic acids is 1. The number of benzene rings is 3. The van der Waals surface area contributed by atoms with Crippen molar-refractivity contribution >= 4 is 33.2 Å². The monoisotopic (exact) mass is 606 g/mol. The van der Waals surface area contributed by atoms with E-state index in [1.807, 2.05) is 30.3 Å². The Morgan fingerprint density at radius 1 is 0.976 bits per heavy atom. The molecule has 2 heterocycles. The highest BCUT2D eigenvalue weighted by molar-refractivity contribution is 7.92. The Bertz CT molecular complexity index is 1770. The van der Waals surface area contributed by atoms with Crippen LogP contribution in [0.5, 0.6) is 0 Å². The molecule has 0 aliphatic carbocycles. The lowest BCUT2D eigenvalue weighted by molar-refractivity contribution is 0.0662. The number of halogens is 1. The summed E-state index contributed by atoms with van der Waals surface area (Å²) in [6, 6.07) is 23.1. The number of hydrogen-bond acceptors (Lipinski definition) is 4. The van der Waals surface area contributed by atoms with Gasteiger partial charge >= 0.3 is 0 Å². The normalized spacial score (nSPS) is 15.0. The van der Waals surface area contributed by atoms with E-state index in [1.165, 1.54) is 29.4 Å². The van der Waals surface area contributed by atoms with Crippen LogP contribution in [0.3, 0.4) is 0 Å². The molecule has 0 bridgehead atoms. The fourth-order valence-electron chi connectivity index (χ4n) is 5.95. The van der Waals surface area contributed by atoms with Gasteiger partial charge in [-0.1, -0.05) is 54.9 Å². The van der Waals surface area contributed by atoms with Crippen molar-refractivity contribution in [3.05, 3.63) is 111 Å². The first kappa shape index (κ1) is 29.7. The van der Waals surface area contributed by atoms with E-state index >= 15 is 0 Å². The van der Waals surface area contributed by atoms with Crippen LogP contribution in [0.1, 0.15) is 47.8 Å². The quantitative estimate of drug-likeness (QED) is 0.276. The van der Waals surface area contributed by atoms with Gasteiger partial charge in [-0.05, 0) is 79.6 Å². The van der Waals surface area contributed by atoms with E-state index in [1.54, 1.807) is 47.8 Å². The van der Waals surface area contributed by atoms with Crippen molar-refractivity contribution in [1.29, 1.82) is 0 Å². The number of rotatable bonds is 7. The Morgan fingerprint density at radius 2 is 1.62 bits per heavy atom. The molecule has 1 aromatic heterocycles. The number of piperidine rings is 1. The van der Waals surface area contributed by atoms with E-state index in [4.69, 9.17) is 11.6 Å². The third kappa shape index (κ3) is 5.16. The predicted molar refractivity (Wildman–Crippen MR) is 166 cm³/mol. The van der Waals surface area contributed by atoms with Gasteiger partial charge in [-0.2, -0.15) is 0 Å². The Balaban J connectivity index is 1.39. The molecule has 10 heteroatoms. The van der Waals surface area contributed by atoms with Crippen LogP contribution < -0.4 is 9.86 Å². The molecule has 0 spiro atoms. The Labute approximate surface area is 251 Å². The highest BCUT2D eigenvalue weighted by atomic mass is 35.5. The van der Waals surface area contributed by atoms with E-state index < -0.39 is 15.6 Å². The fourth-order valence-corrected chi connectivity index (χ4v) is 7.37. The van der Waals surface area contributed by atoms with Gasteiger partial charge in [0.25, 0.3) is 21.5 Å². The van der Waals surface area contributed by atoms with Gasteiger partial charge in [-0.15, -0.1) is 0 Å². The van der Waals surface area contributed by atoms with Crippen molar-refractivity contribution in [3.63, 3.8) is 0 Å². The molecule has 1 saturated heterocycles. The van der Waals surface area contributed by atoms with Gasteiger partial charge in [0.2, 0.25) is 0 Å². The van der Waals surface area contributed by atoms with E-state index in [0.717, 1.165) is 23.6 Å².